The molecule has 2 rings (SSSR count). The topological polar surface area (TPSA) is 43.8 Å². The fourth-order valence-electron chi connectivity index (χ4n) is 2.43. The minimum atomic E-state index is 0.235. The van der Waals surface area contributed by atoms with Crippen molar-refractivity contribution in [2.75, 3.05) is 0 Å². The van der Waals surface area contributed by atoms with E-state index >= 15 is 0 Å². The standard InChI is InChI=1S/C16H25N3S/c1-5-13(17)9-16-11(3)18-19(12(16)4)10-15-8-7-14(6-2)20-15/h7-8,13H,5-6,9-10,17H2,1-4H3. The van der Waals surface area contributed by atoms with Gasteiger partial charge >= 0.3 is 0 Å². The molecule has 2 aromatic heterocycles. The number of rotatable bonds is 6. The van der Waals surface area contributed by atoms with E-state index in [0.29, 0.717) is 0 Å². The van der Waals surface area contributed by atoms with Crippen LogP contribution in [0.2, 0.25) is 0 Å². The summed E-state index contributed by atoms with van der Waals surface area (Å²) in [5, 5.41) is 4.70. The Morgan fingerprint density at radius 2 is 1.95 bits per heavy atom. The van der Waals surface area contributed by atoms with Gasteiger partial charge in [0.15, 0.2) is 0 Å². The minimum absolute atomic E-state index is 0.235. The van der Waals surface area contributed by atoms with Gasteiger partial charge in [-0.3, -0.25) is 4.68 Å². The Hall–Kier alpha value is -1.13. The second kappa shape index (κ2) is 6.55. The number of thiophene rings is 1. The second-order valence-electron chi connectivity index (χ2n) is 5.40. The maximum absolute atomic E-state index is 6.09. The summed E-state index contributed by atoms with van der Waals surface area (Å²) in [6, 6.07) is 4.68. The highest BCUT2D eigenvalue weighted by molar-refractivity contribution is 7.11. The molecule has 20 heavy (non-hydrogen) atoms. The van der Waals surface area contributed by atoms with Gasteiger partial charge in [-0.15, -0.1) is 11.3 Å². The van der Waals surface area contributed by atoms with Gasteiger partial charge in [0.1, 0.15) is 0 Å². The van der Waals surface area contributed by atoms with Crippen LogP contribution in [0, 0.1) is 13.8 Å². The Morgan fingerprint density at radius 3 is 2.55 bits per heavy atom. The predicted octanol–water partition coefficient (Wildman–Crippen LogP) is 3.45. The lowest BCUT2D eigenvalue weighted by atomic mass is 10.0. The number of nitrogens with two attached hydrogens (primary N) is 1. The fraction of sp³-hybridized carbons (Fsp3) is 0.562. The van der Waals surface area contributed by atoms with Gasteiger partial charge in [0.2, 0.25) is 0 Å². The first-order valence-corrected chi connectivity index (χ1v) is 8.22. The van der Waals surface area contributed by atoms with E-state index in [2.05, 4.69) is 44.5 Å². The van der Waals surface area contributed by atoms with Crippen LogP contribution in [-0.4, -0.2) is 15.8 Å². The molecule has 0 aliphatic carbocycles. The molecule has 2 aromatic rings. The molecule has 0 fully saturated rings. The second-order valence-corrected chi connectivity index (χ2v) is 6.65. The van der Waals surface area contributed by atoms with Crippen LogP contribution in [0.4, 0.5) is 0 Å². The highest BCUT2D eigenvalue weighted by Crippen LogP contribution is 2.21. The van der Waals surface area contributed by atoms with Crippen molar-refractivity contribution in [1.29, 1.82) is 0 Å². The molecule has 1 unspecified atom stereocenters. The van der Waals surface area contributed by atoms with Crippen molar-refractivity contribution in [3.63, 3.8) is 0 Å². The summed E-state index contributed by atoms with van der Waals surface area (Å²) < 4.78 is 2.12. The largest absolute Gasteiger partial charge is 0.327 e. The Kier molecular flexibility index (Phi) is 5.00. The molecule has 0 spiro atoms. The molecule has 0 saturated carbocycles. The third-order valence-corrected chi connectivity index (χ3v) is 5.11. The number of hydrogen-bond donors (Lipinski definition) is 1. The average Bonchev–Trinajstić information content (AvgIpc) is 2.99. The fourth-order valence-corrected chi connectivity index (χ4v) is 3.37. The highest BCUT2D eigenvalue weighted by atomic mass is 32.1. The third kappa shape index (κ3) is 3.30. The van der Waals surface area contributed by atoms with Crippen molar-refractivity contribution in [3.8, 4) is 0 Å². The maximum atomic E-state index is 6.09. The summed E-state index contributed by atoms with van der Waals surface area (Å²) in [5.74, 6) is 0. The van der Waals surface area contributed by atoms with Gasteiger partial charge in [0.25, 0.3) is 0 Å². The van der Waals surface area contributed by atoms with Crippen LogP contribution in [0.3, 0.4) is 0 Å². The zero-order valence-corrected chi connectivity index (χ0v) is 13.8. The van der Waals surface area contributed by atoms with Gasteiger partial charge in [0, 0.05) is 21.5 Å². The lowest BCUT2D eigenvalue weighted by Gasteiger charge is -2.09. The molecule has 0 aliphatic rings. The lowest BCUT2D eigenvalue weighted by Crippen LogP contribution is -2.22. The van der Waals surface area contributed by atoms with Crippen molar-refractivity contribution in [3.05, 3.63) is 38.8 Å². The monoisotopic (exact) mass is 291 g/mol. The molecular formula is C16H25N3S. The average molecular weight is 291 g/mol. The summed E-state index contributed by atoms with van der Waals surface area (Å²) >= 11 is 1.88. The van der Waals surface area contributed by atoms with E-state index in [0.717, 1.165) is 31.5 Å². The van der Waals surface area contributed by atoms with Gasteiger partial charge in [-0.05, 0) is 50.8 Å². The van der Waals surface area contributed by atoms with Crippen LogP contribution in [0.1, 0.15) is 47.0 Å². The van der Waals surface area contributed by atoms with Gasteiger partial charge in [0.05, 0.1) is 12.2 Å². The molecule has 1 atom stereocenters. The maximum Gasteiger partial charge on any atom is 0.0755 e. The van der Waals surface area contributed by atoms with Gasteiger partial charge in [-0.1, -0.05) is 13.8 Å². The third-order valence-electron chi connectivity index (χ3n) is 3.89. The number of aryl methyl sites for hydroxylation is 2. The molecule has 0 aromatic carbocycles. The molecule has 0 saturated heterocycles. The van der Waals surface area contributed by atoms with E-state index in [-0.39, 0.29) is 6.04 Å². The van der Waals surface area contributed by atoms with Gasteiger partial charge in [-0.25, -0.2) is 0 Å². The normalized spacial score (nSPS) is 12.8. The first kappa shape index (κ1) is 15.3. The van der Waals surface area contributed by atoms with E-state index in [1.54, 1.807) is 0 Å². The predicted molar refractivity (Wildman–Crippen MR) is 86.5 cm³/mol. The molecule has 2 N–H and O–H groups in total. The number of nitrogens with zero attached hydrogens (tertiary/aromatic N) is 2. The van der Waals surface area contributed by atoms with Crippen LogP contribution >= 0.6 is 11.3 Å². The van der Waals surface area contributed by atoms with Crippen molar-refractivity contribution in [2.45, 2.75) is 59.5 Å². The molecule has 3 nitrogen and oxygen atoms in total. The SMILES string of the molecule is CCc1ccc(Cn2nc(C)c(CC(N)CC)c2C)s1. The summed E-state index contributed by atoms with van der Waals surface area (Å²) in [6.45, 7) is 9.46. The van der Waals surface area contributed by atoms with E-state index in [9.17, 15) is 0 Å². The van der Waals surface area contributed by atoms with Crippen LogP contribution in [0.25, 0.3) is 0 Å². The van der Waals surface area contributed by atoms with Gasteiger partial charge < -0.3 is 5.73 Å². The Balaban J connectivity index is 2.18. The van der Waals surface area contributed by atoms with Crippen molar-refractivity contribution in [1.82, 2.24) is 9.78 Å². The highest BCUT2D eigenvalue weighted by Gasteiger charge is 2.14. The molecule has 0 amide bonds. The van der Waals surface area contributed by atoms with Crippen LogP contribution in [-0.2, 0) is 19.4 Å². The Labute approximate surface area is 125 Å². The summed E-state index contributed by atoms with van der Waals surface area (Å²) in [6.07, 6.45) is 3.05. The summed E-state index contributed by atoms with van der Waals surface area (Å²) in [7, 11) is 0. The zero-order chi connectivity index (χ0) is 14.7. The first-order valence-electron chi connectivity index (χ1n) is 7.41. The molecular weight excluding hydrogens is 266 g/mol. The van der Waals surface area contributed by atoms with Crippen LogP contribution in [0.15, 0.2) is 12.1 Å². The van der Waals surface area contributed by atoms with Crippen LogP contribution in [0.5, 0.6) is 0 Å². The quantitative estimate of drug-likeness (QED) is 0.886. The molecule has 2 heterocycles. The Bertz CT molecular complexity index is 568. The van der Waals surface area contributed by atoms with Gasteiger partial charge in [-0.2, -0.15) is 5.10 Å². The smallest absolute Gasteiger partial charge is 0.0755 e. The van der Waals surface area contributed by atoms with Crippen molar-refractivity contribution in [2.24, 2.45) is 5.73 Å². The number of hydrogen-bond acceptors (Lipinski definition) is 3. The van der Waals surface area contributed by atoms with E-state index < -0.39 is 0 Å². The summed E-state index contributed by atoms with van der Waals surface area (Å²) in [5.41, 5.74) is 9.80. The Morgan fingerprint density at radius 1 is 1.25 bits per heavy atom. The first-order chi connectivity index (χ1) is 9.55. The molecule has 110 valence electrons. The van der Waals surface area contributed by atoms with Crippen molar-refractivity contribution >= 4 is 11.3 Å². The minimum Gasteiger partial charge on any atom is -0.327 e. The van der Waals surface area contributed by atoms with Crippen LogP contribution < -0.4 is 5.73 Å². The van der Waals surface area contributed by atoms with E-state index in [4.69, 9.17) is 10.8 Å². The molecule has 0 radical (unpaired) electrons. The lowest BCUT2D eigenvalue weighted by molar-refractivity contribution is 0.637. The van der Waals surface area contributed by atoms with E-state index in [1.807, 2.05) is 11.3 Å². The molecule has 4 heteroatoms. The zero-order valence-electron chi connectivity index (χ0n) is 12.9. The van der Waals surface area contributed by atoms with Crippen molar-refractivity contribution < 1.29 is 0 Å². The summed E-state index contributed by atoms with van der Waals surface area (Å²) in [4.78, 5) is 2.81. The molecule has 0 bridgehead atoms. The molecule has 0 aliphatic heterocycles. The van der Waals surface area contributed by atoms with E-state index in [1.165, 1.54) is 21.0 Å². The number of aromatic nitrogens is 2.